The number of rotatable bonds is 5. The molecule has 0 saturated heterocycles. The van der Waals surface area contributed by atoms with E-state index in [1.54, 1.807) is 18.2 Å². The van der Waals surface area contributed by atoms with Crippen molar-refractivity contribution in [1.82, 2.24) is 5.32 Å². The topological polar surface area (TPSA) is 56.8 Å². The largest absolute Gasteiger partial charge is 0.493 e. The van der Waals surface area contributed by atoms with Crippen LogP contribution in [0.25, 0.3) is 0 Å². The maximum absolute atomic E-state index is 12.2. The first-order valence-corrected chi connectivity index (χ1v) is 9.15. The molecular weight excluding hydrogens is 377 g/mol. The number of fused-ring (bicyclic) bond motifs is 2. The van der Waals surface area contributed by atoms with Gasteiger partial charge < -0.3 is 19.5 Å². The van der Waals surface area contributed by atoms with Gasteiger partial charge in [0.15, 0.2) is 6.61 Å². The van der Waals surface area contributed by atoms with Gasteiger partial charge >= 0.3 is 0 Å². The predicted octanol–water partition coefficient (Wildman–Crippen LogP) is 3.56. The Morgan fingerprint density at radius 3 is 2.85 bits per heavy atom. The van der Waals surface area contributed by atoms with Gasteiger partial charge in [-0.3, -0.25) is 4.79 Å². The van der Waals surface area contributed by atoms with Gasteiger partial charge in [0.05, 0.1) is 18.2 Å². The molecule has 4 rings (SSSR count). The van der Waals surface area contributed by atoms with E-state index in [-0.39, 0.29) is 12.5 Å². The van der Waals surface area contributed by atoms with Crippen LogP contribution in [0.4, 0.5) is 0 Å². The zero-order chi connectivity index (χ0) is 18.1. The van der Waals surface area contributed by atoms with Crippen LogP contribution in [0.1, 0.15) is 16.7 Å². The summed E-state index contributed by atoms with van der Waals surface area (Å²) < 4.78 is 16.9. The fourth-order valence-corrected chi connectivity index (χ4v) is 3.71. The van der Waals surface area contributed by atoms with Gasteiger partial charge in [0, 0.05) is 41.1 Å². The lowest BCUT2D eigenvalue weighted by Gasteiger charge is -2.14. The maximum Gasteiger partial charge on any atom is 0.258 e. The minimum Gasteiger partial charge on any atom is -0.493 e. The van der Waals surface area contributed by atoms with Crippen molar-refractivity contribution in [2.24, 2.45) is 0 Å². The molecule has 0 bridgehead atoms. The third kappa shape index (κ3) is 3.41. The van der Waals surface area contributed by atoms with Crippen molar-refractivity contribution >= 4 is 29.1 Å². The van der Waals surface area contributed by atoms with E-state index in [1.807, 2.05) is 0 Å². The fraction of sp³-hybridized carbons (Fsp3) is 0.316. The van der Waals surface area contributed by atoms with E-state index in [0.29, 0.717) is 35.6 Å². The first kappa shape index (κ1) is 17.3. The molecule has 1 N–H and O–H groups in total. The first-order valence-electron chi connectivity index (χ1n) is 8.39. The highest BCUT2D eigenvalue weighted by molar-refractivity contribution is 6.35. The highest BCUT2D eigenvalue weighted by atomic mass is 35.5. The molecule has 1 amide bonds. The van der Waals surface area contributed by atoms with E-state index >= 15 is 0 Å². The summed E-state index contributed by atoms with van der Waals surface area (Å²) in [5.74, 6) is 1.97. The number of ether oxygens (including phenoxy) is 3. The van der Waals surface area contributed by atoms with E-state index in [4.69, 9.17) is 37.4 Å². The Morgan fingerprint density at radius 2 is 2.00 bits per heavy atom. The van der Waals surface area contributed by atoms with Crippen molar-refractivity contribution in [2.75, 3.05) is 19.8 Å². The maximum atomic E-state index is 12.2. The molecule has 0 unspecified atom stereocenters. The minimum atomic E-state index is -0.237. The van der Waals surface area contributed by atoms with Crippen molar-refractivity contribution < 1.29 is 19.0 Å². The van der Waals surface area contributed by atoms with Gasteiger partial charge in [-0.05, 0) is 24.3 Å². The zero-order valence-corrected chi connectivity index (χ0v) is 15.5. The number of nitrogens with one attached hydrogen (secondary N) is 1. The summed E-state index contributed by atoms with van der Waals surface area (Å²) in [6.07, 6.45) is 1.69. The average Bonchev–Trinajstić information content (AvgIpc) is 3.26. The summed E-state index contributed by atoms with van der Waals surface area (Å²) in [7, 11) is 0. The molecule has 0 atom stereocenters. The highest BCUT2D eigenvalue weighted by Crippen LogP contribution is 2.40. The van der Waals surface area contributed by atoms with Crippen LogP contribution in [0.2, 0.25) is 10.0 Å². The Balaban J connectivity index is 1.41. The third-order valence-corrected chi connectivity index (χ3v) is 5.01. The van der Waals surface area contributed by atoms with Crippen LogP contribution < -0.4 is 19.5 Å². The SMILES string of the molecule is O=C(COc1ccc(Cl)cc1Cl)NCc1c2c(cc3c1OCC3)OCC2. The summed E-state index contributed by atoms with van der Waals surface area (Å²) in [4.78, 5) is 12.2. The van der Waals surface area contributed by atoms with Crippen molar-refractivity contribution in [3.05, 3.63) is 51.0 Å². The smallest absolute Gasteiger partial charge is 0.258 e. The number of carbonyl (C=O) groups is 1. The van der Waals surface area contributed by atoms with E-state index in [2.05, 4.69) is 11.4 Å². The summed E-state index contributed by atoms with van der Waals surface area (Å²) in [5, 5.41) is 3.78. The fourth-order valence-electron chi connectivity index (χ4n) is 3.25. The molecule has 2 aliphatic rings. The monoisotopic (exact) mass is 393 g/mol. The van der Waals surface area contributed by atoms with Crippen molar-refractivity contribution in [3.63, 3.8) is 0 Å². The second-order valence-corrected chi connectivity index (χ2v) is 7.00. The molecule has 2 aromatic carbocycles. The number of benzene rings is 2. The second kappa shape index (κ2) is 7.25. The molecule has 0 fully saturated rings. The van der Waals surface area contributed by atoms with Crippen molar-refractivity contribution in [2.45, 2.75) is 19.4 Å². The van der Waals surface area contributed by atoms with Crippen LogP contribution in [-0.2, 0) is 24.2 Å². The van der Waals surface area contributed by atoms with Crippen LogP contribution in [-0.4, -0.2) is 25.7 Å². The van der Waals surface area contributed by atoms with E-state index in [1.165, 1.54) is 0 Å². The predicted molar refractivity (Wildman–Crippen MR) is 98.6 cm³/mol. The normalized spacial score (nSPS) is 14.2. The summed E-state index contributed by atoms with van der Waals surface area (Å²) in [6, 6.07) is 6.93. The molecule has 0 aromatic heterocycles. The van der Waals surface area contributed by atoms with Crippen LogP contribution in [0.15, 0.2) is 24.3 Å². The Kier molecular flexibility index (Phi) is 4.83. The lowest BCUT2D eigenvalue weighted by molar-refractivity contribution is -0.123. The van der Waals surface area contributed by atoms with Gasteiger partial charge in [-0.25, -0.2) is 0 Å². The molecule has 0 aliphatic carbocycles. The van der Waals surface area contributed by atoms with Crippen molar-refractivity contribution in [1.29, 1.82) is 0 Å². The van der Waals surface area contributed by atoms with Crippen LogP contribution in [0.5, 0.6) is 17.2 Å². The Morgan fingerprint density at radius 1 is 1.15 bits per heavy atom. The number of carbonyl (C=O) groups excluding carboxylic acids is 1. The van der Waals surface area contributed by atoms with Gasteiger partial charge in [-0.1, -0.05) is 23.2 Å². The van der Waals surface area contributed by atoms with Crippen LogP contribution in [0, 0.1) is 0 Å². The van der Waals surface area contributed by atoms with E-state index in [9.17, 15) is 4.79 Å². The van der Waals surface area contributed by atoms with Gasteiger partial charge in [0.25, 0.3) is 5.91 Å². The summed E-state index contributed by atoms with van der Waals surface area (Å²) in [6.45, 7) is 1.58. The second-order valence-electron chi connectivity index (χ2n) is 6.16. The van der Waals surface area contributed by atoms with Gasteiger partial charge in [0.1, 0.15) is 17.2 Å². The average molecular weight is 394 g/mol. The molecule has 0 radical (unpaired) electrons. The number of hydrogen-bond acceptors (Lipinski definition) is 4. The zero-order valence-electron chi connectivity index (χ0n) is 13.9. The van der Waals surface area contributed by atoms with Gasteiger partial charge in [-0.2, -0.15) is 0 Å². The molecule has 26 heavy (non-hydrogen) atoms. The summed E-state index contributed by atoms with van der Waals surface area (Å²) in [5.41, 5.74) is 3.26. The molecule has 7 heteroatoms. The lowest BCUT2D eigenvalue weighted by atomic mass is 9.99. The quantitative estimate of drug-likeness (QED) is 0.843. The molecule has 0 saturated carbocycles. The highest BCUT2D eigenvalue weighted by Gasteiger charge is 2.26. The summed E-state index contributed by atoms with van der Waals surface area (Å²) >= 11 is 11.9. The van der Waals surface area contributed by atoms with E-state index < -0.39 is 0 Å². The Hall–Kier alpha value is -2.11. The van der Waals surface area contributed by atoms with Crippen LogP contribution >= 0.6 is 23.2 Å². The molecular formula is C19H17Cl2NO4. The molecule has 5 nitrogen and oxygen atoms in total. The molecule has 2 aliphatic heterocycles. The van der Waals surface area contributed by atoms with Crippen molar-refractivity contribution in [3.8, 4) is 17.2 Å². The standard InChI is InChI=1S/C19H17Cl2NO4/c20-12-1-2-16(15(21)8-12)26-10-18(23)22-9-14-13-4-6-24-17(13)7-11-3-5-25-19(11)14/h1-2,7-8H,3-6,9-10H2,(H,22,23). The first-order chi connectivity index (χ1) is 12.6. The molecule has 2 aromatic rings. The lowest BCUT2D eigenvalue weighted by Crippen LogP contribution is -2.29. The molecule has 2 heterocycles. The van der Waals surface area contributed by atoms with Crippen LogP contribution in [0.3, 0.4) is 0 Å². The van der Waals surface area contributed by atoms with E-state index in [0.717, 1.165) is 41.0 Å². The number of halogens is 2. The Bertz CT molecular complexity index is 837. The Labute approximate surface area is 161 Å². The number of hydrogen-bond donors (Lipinski definition) is 1. The van der Waals surface area contributed by atoms with Gasteiger partial charge in [-0.15, -0.1) is 0 Å². The number of amides is 1. The third-order valence-electron chi connectivity index (χ3n) is 4.48. The molecule has 136 valence electrons. The van der Waals surface area contributed by atoms with Gasteiger partial charge in [0.2, 0.25) is 0 Å². The molecule has 0 spiro atoms. The minimum absolute atomic E-state index is 0.129.